The first-order valence-electron chi connectivity index (χ1n) is 9.69. The second-order valence-corrected chi connectivity index (χ2v) is 7.55. The van der Waals surface area contributed by atoms with Crippen LogP contribution in [0.15, 0.2) is 34.9 Å². The predicted octanol–water partition coefficient (Wildman–Crippen LogP) is 3.62. The Hall–Kier alpha value is -2.47. The average Bonchev–Trinajstić information content (AvgIpc) is 3.22. The van der Waals surface area contributed by atoms with Gasteiger partial charge in [-0.3, -0.25) is 9.58 Å². The lowest BCUT2D eigenvalue weighted by Gasteiger charge is -2.31. The SMILES string of the molecule is Cc1noc(C2CCCN(Cc3c(C)nn(Cc4ccccc4)c3C)C2)n1. The zero-order valence-corrected chi connectivity index (χ0v) is 16.4. The summed E-state index contributed by atoms with van der Waals surface area (Å²) in [6.45, 7) is 9.99. The highest BCUT2D eigenvalue weighted by molar-refractivity contribution is 5.26. The highest BCUT2D eigenvalue weighted by Gasteiger charge is 2.27. The molecule has 1 saturated heterocycles. The summed E-state index contributed by atoms with van der Waals surface area (Å²) in [5.41, 5.74) is 5.00. The van der Waals surface area contributed by atoms with Gasteiger partial charge in [0.2, 0.25) is 5.89 Å². The van der Waals surface area contributed by atoms with Crippen molar-refractivity contribution in [2.45, 2.75) is 52.6 Å². The second kappa shape index (κ2) is 7.64. The Bertz CT molecular complexity index is 899. The molecule has 2 aromatic heterocycles. The Kier molecular flexibility index (Phi) is 5.07. The second-order valence-electron chi connectivity index (χ2n) is 7.55. The summed E-state index contributed by atoms with van der Waals surface area (Å²) in [6.07, 6.45) is 2.27. The summed E-state index contributed by atoms with van der Waals surface area (Å²) in [4.78, 5) is 6.94. The Balaban J connectivity index is 1.47. The van der Waals surface area contributed by atoms with E-state index in [4.69, 9.17) is 9.62 Å². The van der Waals surface area contributed by atoms with Crippen LogP contribution in [0.2, 0.25) is 0 Å². The van der Waals surface area contributed by atoms with E-state index in [0.717, 1.165) is 56.4 Å². The number of nitrogens with zero attached hydrogens (tertiary/aromatic N) is 5. The molecule has 0 amide bonds. The molecule has 27 heavy (non-hydrogen) atoms. The largest absolute Gasteiger partial charge is 0.339 e. The van der Waals surface area contributed by atoms with Crippen LogP contribution in [0.1, 0.15) is 53.0 Å². The van der Waals surface area contributed by atoms with Crippen molar-refractivity contribution in [3.63, 3.8) is 0 Å². The third kappa shape index (κ3) is 3.95. The van der Waals surface area contributed by atoms with E-state index in [1.165, 1.54) is 16.8 Å². The summed E-state index contributed by atoms with van der Waals surface area (Å²) in [5.74, 6) is 1.83. The maximum atomic E-state index is 5.42. The van der Waals surface area contributed by atoms with Gasteiger partial charge in [-0.25, -0.2) is 0 Å². The van der Waals surface area contributed by atoms with Crippen molar-refractivity contribution < 1.29 is 4.52 Å². The smallest absolute Gasteiger partial charge is 0.231 e. The van der Waals surface area contributed by atoms with Gasteiger partial charge in [0.05, 0.1) is 18.2 Å². The van der Waals surface area contributed by atoms with E-state index in [-0.39, 0.29) is 0 Å². The number of piperidine rings is 1. The molecule has 1 aromatic carbocycles. The van der Waals surface area contributed by atoms with E-state index in [9.17, 15) is 0 Å². The van der Waals surface area contributed by atoms with Crippen LogP contribution in [0.5, 0.6) is 0 Å². The predicted molar refractivity (Wildman–Crippen MR) is 104 cm³/mol. The van der Waals surface area contributed by atoms with Crippen LogP contribution in [0.3, 0.4) is 0 Å². The summed E-state index contributed by atoms with van der Waals surface area (Å²) < 4.78 is 7.54. The summed E-state index contributed by atoms with van der Waals surface area (Å²) in [7, 11) is 0. The molecule has 3 aromatic rings. The van der Waals surface area contributed by atoms with Crippen LogP contribution < -0.4 is 0 Å². The van der Waals surface area contributed by atoms with E-state index in [1.54, 1.807) is 0 Å². The zero-order chi connectivity index (χ0) is 18.8. The van der Waals surface area contributed by atoms with Crippen molar-refractivity contribution in [3.05, 3.63) is 64.6 Å². The lowest BCUT2D eigenvalue weighted by molar-refractivity contribution is 0.179. The molecule has 1 atom stereocenters. The van der Waals surface area contributed by atoms with Crippen molar-refractivity contribution >= 4 is 0 Å². The third-order valence-corrected chi connectivity index (χ3v) is 5.49. The Morgan fingerprint density at radius 3 is 2.67 bits per heavy atom. The van der Waals surface area contributed by atoms with E-state index in [1.807, 2.05) is 13.0 Å². The molecule has 0 aliphatic carbocycles. The fourth-order valence-electron chi connectivity index (χ4n) is 3.98. The molecule has 1 aliphatic rings. The number of hydrogen-bond donors (Lipinski definition) is 0. The van der Waals surface area contributed by atoms with E-state index in [2.05, 4.69) is 57.8 Å². The number of likely N-dealkylation sites (tertiary alicyclic amines) is 1. The normalized spacial score (nSPS) is 18.1. The fraction of sp³-hybridized carbons (Fsp3) is 0.476. The molecule has 1 unspecified atom stereocenters. The van der Waals surface area contributed by atoms with Crippen molar-refractivity contribution in [2.75, 3.05) is 13.1 Å². The van der Waals surface area contributed by atoms with Crippen LogP contribution in [0.4, 0.5) is 0 Å². The molecule has 1 aliphatic heterocycles. The topological polar surface area (TPSA) is 60.0 Å². The first kappa shape index (κ1) is 17.9. The maximum absolute atomic E-state index is 5.42. The van der Waals surface area contributed by atoms with Gasteiger partial charge >= 0.3 is 0 Å². The zero-order valence-electron chi connectivity index (χ0n) is 16.4. The molecule has 142 valence electrons. The molecule has 0 radical (unpaired) electrons. The lowest BCUT2D eigenvalue weighted by atomic mass is 9.97. The molecular formula is C21H27N5O. The number of rotatable bonds is 5. The first-order valence-corrected chi connectivity index (χ1v) is 9.69. The van der Waals surface area contributed by atoms with Gasteiger partial charge in [-0.15, -0.1) is 0 Å². The molecule has 0 N–H and O–H groups in total. The molecular weight excluding hydrogens is 338 g/mol. The number of aryl methyl sites for hydroxylation is 2. The molecule has 6 nitrogen and oxygen atoms in total. The molecule has 3 heterocycles. The van der Waals surface area contributed by atoms with Crippen LogP contribution in [-0.4, -0.2) is 37.9 Å². The maximum Gasteiger partial charge on any atom is 0.231 e. The summed E-state index contributed by atoms with van der Waals surface area (Å²) in [6, 6.07) is 10.5. The highest BCUT2D eigenvalue weighted by atomic mass is 16.5. The summed E-state index contributed by atoms with van der Waals surface area (Å²) in [5, 5.41) is 8.75. The van der Waals surface area contributed by atoms with Crippen molar-refractivity contribution in [3.8, 4) is 0 Å². The third-order valence-electron chi connectivity index (χ3n) is 5.49. The average molecular weight is 365 g/mol. The van der Waals surface area contributed by atoms with Gasteiger partial charge in [-0.1, -0.05) is 35.5 Å². The van der Waals surface area contributed by atoms with Gasteiger partial charge in [-0.2, -0.15) is 10.1 Å². The van der Waals surface area contributed by atoms with Crippen molar-refractivity contribution in [2.24, 2.45) is 0 Å². The van der Waals surface area contributed by atoms with Crippen LogP contribution in [0, 0.1) is 20.8 Å². The Labute approximate surface area is 160 Å². The van der Waals surface area contributed by atoms with Gasteiger partial charge in [0, 0.05) is 24.3 Å². The number of hydrogen-bond acceptors (Lipinski definition) is 5. The van der Waals surface area contributed by atoms with Crippen molar-refractivity contribution in [1.82, 2.24) is 24.8 Å². The van der Waals surface area contributed by atoms with Crippen LogP contribution in [0.25, 0.3) is 0 Å². The van der Waals surface area contributed by atoms with E-state index in [0.29, 0.717) is 5.92 Å². The molecule has 0 bridgehead atoms. The standard InChI is InChI=1S/C21H27N5O/c1-15-20(16(2)26(23-15)12-18-8-5-4-6-9-18)14-25-11-7-10-19(13-25)21-22-17(3)24-27-21/h4-6,8-9,19H,7,10-14H2,1-3H3. The molecule has 1 fully saturated rings. The van der Waals surface area contributed by atoms with E-state index >= 15 is 0 Å². The summed E-state index contributed by atoms with van der Waals surface area (Å²) >= 11 is 0. The molecule has 6 heteroatoms. The number of benzene rings is 1. The molecule has 0 spiro atoms. The van der Waals surface area contributed by atoms with Crippen molar-refractivity contribution in [1.29, 1.82) is 0 Å². The molecule has 4 rings (SSSR count). The van der Waals surface area contributed by atoms with Crippen LogP contribution >= 0.6 is 0 Å². The number of aromatic nitrogens is 4. The van der Waals surface area contributed by atoms with E-state index < -0.39 is 0 Å². The fourth-order valence-corrected chi connectivity index (χ4v) is 3.98. The van der Waals surface area contributed by atoms with Gasteiger partial charge in [0.1, 0.15) is 0 Å². The minimum Gasteiger partial charge on any atom is -0.339 e. The minimum atomic E-state index is 0.333. The molecule has 0 saturated carbocycles. The van der Waals surface area contributed by atoms with Gasteiger partial charge in [0.25, 0.3) is 0 Å². The Morgan fingerprint density at radius 2 is 1.93 bits per heavy atom. The minimum absolute atomic E-state index is 0.333. The first-order chi connectivity index (χ1) is 13.1. The monoisotopic (exact) mass is 365 g/mol. The Morgan fingerprint density at radius 1 is 1.11 bits per heavy atom. The quantitative estimate of drug-likeness (QED) is 0.691. The lowest BCUT2D eigenvalue weighted by Crippen LogP contribution is -2.34. The van der Waals surface area contributed by atoms with Gasteiger partial charge in [-0.05, 0) is 45.7 Å². The van der Waals surface area contributed by atoms with Gasteiger partial charge in [0.15, 0.2) is 5.82 Å². The highest BCUT2D eigenvalue weighted by Crippen LogP contribution is 2.27. The van der Waals surface area contributed by atoms with Gasteiger partial charge < -0.3 is 4.52 Å². The van der Waals surface area contributed by atoms with Crippen LogP contribution in [-0.2, 0) is 13.1 Å².